The first-order chi connectivity index (χ1) is 10.8. The molecule has 112 valence electrons. The number of hydrogen-bond acceptors (Lipinski definition) is 0. The van der Waals surface area contributed by atoms with Crippen molar-refractivity contribution in [3.8, 4) is 11.1 Å². The topological polar surface area (TPSA) is 0 Å². The van der Waals surface area contributed by atoms with Crippen molar-refractivity contribution >= 4 is 0 Å². The zero-order valence-corrected chi connectivity index (χ0v) is 13.2. The normalized spacial score (nSPS) is 32.4. The second-order valence-corrected chi connectivity index (χ2v) is 8.00. The van der Waals surface area contributed by atoms with Crippen molar-refractivity contribution in [3.63, 3.8) is 0 Å². The highest BCUT2D eigenvalue weighted by Crippen LogP contribution is 2.49. The van der Waals surface area contributed by atoms with E-state index in [2.05, 4.69) is 48.5 Å². The zero-order chi connectivity index (χ0) is 14.5. The maximum atomic E-state index is 2.40. The molecule has 0 unspecified atom stereocenters. The zero-order valence-electron chi connectivity index (χ0n) is 13.2. The van der Waals surface area contributed by atoms with E-state index in [1.54, 1.807) is 11.1 Å². The molecule has 22 heavy (non-hydrogen) atoms. The molecule has 0 heterocycles. The maximum Gasteiger partial charge on any atom is -0.0157 e. The monoisotopic (exact) mass is 288 g/mol. The number of rotatable bonds is 0. The molecule has 0 radical (unpaired) electrons. The van der Waals surface area contributed by atoms with Crippen LogP contribution in [0.4, 0.5) is 0 Å². The van der Waals surface area contributed by atoms with E-state index in [1.807, 2.05) is 0 Å². The second kappa shape index (κ2) is 4.98. The summed E-state index contributed by atoms with van der Waals surface area (Å²) in [6.45, 7) is 0. The van der Waals surface area contributed by atoms with Gasteiger partial charge < -0.3 is 0 Å². The third-order valence-electron chi connectivity index (χ3n) is 6.43. The molecule has 2 aromatic rings. The summed E-state index contributed by atoms with van der Waals surface area (Å²) in [6, 6.07) is 18.8. The van der Waals surface area contributed by atoms with E-state index in [0.29, 0.717) is 0 Å². The Kier molecular flexibility index (Phi) is 2.93. The molecule has 0 nitrogen and oxygen atoms in total. The van der Waals surface area contributed by atoms with Gasteiger partial charge in [-0.2, -0.15) is 0 Å². The van der Waals surface area contributed by atoms with Crippen molar-refractivity contribution in [1.29, 1.82) is 0 Å². The molecule has 0 spiro atoms. The first kappa shape index (κ1) is 12.9. The summed E-state index contributed by atoms with van der Waals surface area (Å²) >= 11 is 0. The Morgan fingerprint density at radius 1 is 0.545 bits per heavy atom. The van der Waals surface area contributed by atoms with Gasteiger partial charge >= 0.3 is 0 Å². The van der Waals surface area contributed by atoms with E-state index in [9.17, 15) is 0 Å². The molecule has 11 rings (SSSR count). The van der Waals surface area contributed by atoms with Gasteiger partial charge in [0.1, 0.15) is 0 Å². The van der Waals surface area contributed by atoms with Crippen LogP contribution in [0.2, 0.25) is 0 Å². The fourth-order valence-corrected chi connectivity index (χ4v) is 5.54. The molecule has 0 aromatic heterocycles. The highest BCUT2D eigenvalue weighted by Gasteiger charge is 2.36. The summed E-state index contributed by atoms with van der Waals surface area (Å²) in [5, 5.41) is 0. The maximum absolute atomic E-state index is 2.40. The van der Waals surface area contributed by atoms with Gasteiger partial charge in [-0.25, -0.2) is 0 Å². The largest absolute Gasteiger partial charge is 0.0584 e. The quantitative estimate of drug-likeness (QED) is 0.573. The van der Waals surface area contributed by atoms with Crippen LogP contribution in [0.1, 0.15) is 49.1 Å². The molecule has 2 aromatic carbocycles. The lowest BCUT2D eigenvalue weighted by atomic mass is 9.62. The highest BCUT2D eigenvalue weighted by atomic mass is 14.4. The molecular weight excluding hydrogens is 264 g/mol. The van der Waals surface area contributed by atoms with Gasteiger partial charge in [0.15, 0.2) is 0 Å². The minimum Gasteiger partial charge on any atom is -0.0584 e. The lowest BCUT2D eigenvalue weighted by Gasteiger charge is -2.43. The van der Waals surface area contributed by atoms with Crippen LogP contribution < -0.4 is 0 Å². The molecule has 0 saturated heterocycles. The first-order valence-electron chi connectivity index (χ1n) is 9.03. The Morgan fingerprint density at radius 2 is 1.09 bits per heavy atom. The van der Waals surface area contributed by atoms with Gasteiger partial charge in [-0.05, 0) is 84.5 Å². The van der Waals surface area contributed by atoms with Gasteiger partial charge in [-0.1, -0.05) is 48.5 Å². The minimum absolute atomic E-state index is 0.822. The standard InChI is InChI=1S/C22H24/c1-3-19-4-2-15(1)9-16-10-17-12-18(11-16)14-22(13-17)21-7-5-20(19)6-8-21/h1-8,16-18,22H,9-14H2/t16?,17-,18-,22?/m0/s1. The molecular formula is C22H24. The lowest BCUT2D eigenvalue weighted by Crippen LogP contribution is -2.31. The Labute approximate surface area is 133 Å². The highest BCUT2D eigenvalue weighted by molar-refractivity contribution is 5.64. The SMILES string of the molecule is c1cc2ccc1CC1C[C@@H]3CC(C[C@@H](C1)C3)c1ccc-2cc1. The van der Waals surface area contributed by atoms with Crippen LogP contribution in [-0.2, 0) is 6.42 Å². The molecule has 8 bridgehead atoms. The smallest absolute Gasteiger partial charge is 0.0157 e. The van der Waals surface area contributed by atoms with E-state index in [-0.39, 0.29) is 0 Å². The van der Waals surface area contributed by atoms with Crippen LogP contribution in [-0.4, -0.2) is 0 Å². The van der Waals surface area contributed by atoms with Gasteiger partial charge in [0, 0.05) is 0 Å². The fourth-order valence-electron chi connectivity index (χ4n) is 5.54. The molecule has 0 amide bonds. The van der Waals surface area contributed by atoms with Crippen LogP contribution in [0.3, 0.4) is 0 Å². The van der Waals surface area contributed by atoms with Crippen LogP contribution in [0.15, 0.2) is 48.5 Å². The number of hydrogen-bond donors (Lipinski definition) is 0. The predicted octanol–water partition coefficient (Wildman–Crippen LogP) is 5.82. The van der Waals surface area contributed by atoms with E-state index in [4.69, 9.17) is 0 Å². The Balaban J connectivity index is 1.62. The molecule has 2 atom stereocenters. The minimum atomic E-state index is 0.822. The molecule has 2 saturated carbocycles. The predicted molar refractivity (Wildman–Crippen MR) is 91.9 cm³/mol. The average molecular weight is 288 g/mol. The van der Waals surface area contributed by atoms with Crippen molar-refractivity contribution in [1.82, 2.24) is 0 Å². The Hall–Kier alpha value is -1.56. The molecule has 9 aliphatic rings. The average Bonchev–Trinajstić information content (AvgIpc) is 2.54. The van der Waals surface area contributed by atoms with Crippen molar-refractivity contribution in [2.45, 2.75) is 44.4 Å². The summed E-state index contributed by atoms with van der Waals surface area (Å²) in [5.74, 6) is 3.70. The summed E-state index contributed by atoms with van der Waals surface area (Å²) in [4.78, 5) is 0. The number of benzene rings is 2. The fraction of sp³-hybridized carbons (Fsp3) is 0.455. The third-order valence-corrected chi connectivity index (χ3v) is 6.43. The second-order valence-electron chi connectivity index (χ2n) is 8.00. The van der Waals surface area contributed by atoms with Crippen molar-refractivity contribution in [2.24, 2.45) is 17.8 Å². The third kappa shape index (κ3) is 2.20. The van der Waals surface area contributed by atoms with Gasteiger partial charge in [-0.3, -0.25) is 0 Å². The van der Waals surface area contributed by atoms with Crippen LogP contribution in [0.5, 0.6) is 0 Å². The van der Waals surface area contributed by atoms with Crippen molar-refractivity contribution < 1.29 is 0 Å². The summed E-state index contributed by atoms with van der Waals surface area (Å²) in [6.07, 6.45) is 8.60. The molecule has 0 heteroatoms. The van der Waals surface area contributed by atoms with Gasteiger partial charge in [-0.15, -0.1) is 0 Å². The van der Waals surface area contributed by atoms with Crippen LogP contribution >= 0.6 is 0 Å². The molecule has 2 fully saturated rings. The summed E-state index contributed by atoms with van der Waals surface area (Å²) < 4.78 is 0. The first-order valence-corrected chi connectivity index (χ1v) is 9.03. The Morgan fingerprint density at radius 3 is 1.73 bits per heavy atom. The van der Waals surface area contributed by atoms with E-state index < -0.39 is 0 Å². The van der Waals surface area contributed by atoms with Crippen molar-refractivity contribution in [2.75, 3.05) is 0 Å². The Bertz CT molecular complexity index is 650. The lowest BCUT2D eigenvalue weighted by molar-refractivity contribution is 0.122. The molecule has 0 N–H and O–H groups in total. The van der Waals surface area contributed by atoms with Crippen LogP contribution in [0.25, 0.3) is 11.1 Å². The van der Waals surface area contributed by atoms with E-state index >= 15 is 0 Å². The van der Waals surface area contributed by atoms with Gasteiger partial charge in [0.05, 0.1) is 0 Å². The van der Waals surface area contributed by atoms with E-state index in [1.165, 1.54) is 49.7 Å². The summed E-state index contributed by atoms with van der Waals surface area (Å²) in [7, 11) is 0. The van der Waals surface area contributed by atoms with Gasteiger partial charge in [0.2, 0.25) is 0 Å². The molecule has 0 aliphatic heterocycles. The molecule has 9 aliphatic carbocycles. The van der Waals surface area contributed by atoms with Gasteiger partial charge in [0.25, 0.3) is 0 Å². The van der Waals surface area contributed by atoms with Crippen molar-refractivity contribution in [3.05, 3.63) is 59.7 Å². The van der Waals surface area contributed by atoms with Crippen LogP contribution in [0, 0.1) is 17.8 Å². The summed E-state index contributed by atoms with van der Waals surface area (Å²) in [5.41, 5.74) is 5.86. The van der Waals surface area contributed by atoms with E-state index in [0.717, 1.165) is 23.7 Å².